The minimum absolute atomic E-state index is 0.101. The van der Waals surface area contributed by atoms with Gasteiger partial charge in [0.1, 0.15) is 6.33 Å². The van der Waals surface area contributed by atoms with E-state index >= 15 is 0 Å². The number of amides is 1. The van der Waals surface area contributed by atoms with Crippen molar-refractivity contribution in [3.05, 3.63) is 30.2 Å². The average molecular weight is 319 g/mol. The maximum Gasteiger partial charge on any atom is 0.290 e. The van der Waals surface area contributed by atoms with Gasteiger partial charge >= 0.3 is 0 Å². The fourth-order valence-electron chi connectivity index (χ4n) is 2.74. The van der Waals surface area contributed by atoms with E-state index in [-0.39, 0.29) is 18.3 Å². The fraction of sp³-hybridized carbons (Fsp3) is 0.467. The van der Waals surface area contributed by atoms with Crippen molar-refractivity contribution in [1.29, 1.82) is 0 Å². The molecular weight excluding hydrogens is 298 g/mol. The Morgan fingerprint density at radius 1 is 1.52 bits per heavy atom. The molecule has 124 valence electrons. The summed E-state index contributed by atoms with van der Waals surface area (Å²) in [7, 11) is 2.07. The summed E-state index contributed by atoms with van der Waals surface area (Å²) in [4.78, 5) is 26.9. The molecule has 8 nitrogen and oxygen atoms in total. The van der Waals surface area contributed by atoms with Gasteiger partial charge in [-0.05, 0) is 38.6 Å². The van der Waals surface area contributed by atoms with Crippen molar-refractivity contribution in [1.82, 2.24) is 24.8 Å². The van der Waals surface area contributed by atoms with E-state index in [1.54, 1.807) is 4.52 Å². The van der Waals surface area contributed by atoms with Crippen molar-refractivity contribution in [2.45, 2.75) is 19.4 Å². The Balaban J connectivity index is 0.000000595. The molecule has 23 heavy (non-hydrogen) atoms. The Kier molecular flexibility index (Phi) is 6.04. The summed E-state index contributed by atoms with van der Waals surface area (Å²) in [5.74, 6) is 0.234. The predicted octanol–water partition coefficient (Wildman–Crippen LogP) is 0.388. The second-order valence-electron chi connectivity index (χ2n) is 5.47. The first-order chi connectivity index (χ1) is 11.2. The van der Waals surface area contributed by atoms with Crippen molar-refractivity contribution in [2.24, 2.45) is 5.92 Å². The third kappa shape index (κ3) is 4.49. The summed E-state index contributed by atoms with van der Waals surface area (Å²) in [5, 5.41) is 14.1. The number of piperidine rings is 1. The lowest BCUT2D eigenvalue weighted by Crippen LogP contribution is -2.41. The van der Waals surface area contributed by atoms with Crippen LogP contribution in [0.15, 0.2) is 24.5 Å². The second kappa shape index (κ2) is 8.23. The number of pyridine rings is 1. The summed E-state index contributed by atoms with van der Waals surface area (Å²) in [6.07, 6.45) is 3.59. The molecule has 0 bridgehead atoms. The van der Waals surface area contributed by atoms with Gasteiger partial charge in [0.25, 0.3) is 6.47 Å². The Labute approximate surface area is 134 Å². The van der Waals surface area contributed by atoms with Gasteiger partial charge in [-0.2, -0.15) is 5.10 Å². The van der Waals surface area contributed by atoms with E-state index in [0.717, 1.165) is 37.3 Å². The lowest BCUT2D eigenvalue weighted by molar-refractivity contribution is -0.126. The van der Waals surface area contributed by atoms with Crippen LogP contribution in [0.25, 0.3) is 5.65 Å². The van der Waals surface area contributed by atoms with Crippen molar-refractivity contribution >= 4 is 18.0 Å². The van der Waals surface area contributed by atoms with Crippen molar-refractivity contribution < 1.29 is 14.7 Å². The molecule has 1 saturated heterocycles. The van der Waals surface area contributed by atoms with E-state index in [2.05, 4.69) is 27.3 Å². The number of aromatic nitrogens is 3. The lowest BCUT2D eigenvalue weighted by atomic mass is 9.97. The Bertz CT molecular complexity index is 657. The number of fused-ring (bicyclic) bond motifs is 1. The van der Waals surface area contributed by atoms with Crippen LogP contribution >= 0.6 is 0 Å². The molecule has 2 N–H and O–H groups in total. The Morgan fingerprint density at radius 2 is 2.30 bits per heavy atom. The SMILES string of the molecule is CN1CCCC(C(=O)NCc2cccc3ncnn23)C1.O=CO. The van der Waals surface area contributed by atoms with Gasteiger partial charge in [-0.15, -0.1) is 0 Å². The van der Waals surface area contributed by atoms with Gasteiger partial charge in [-0.25, -0.2) is 9.50 Å². The van der Waals surface area contributed by atoms with Crippen LogP contribution in [0.1, 0.15) is 18.5 Å². The summed E-state index contributed by atoms with van der Waals surface area (Å²) in [5.41, 5.74) is 1.74. The molecule has 0 radical (unpaired) electrons. The molecule has 3 rings (SSSR count). The minimum atomic E-state index is -0.250. The van der Waals surface area contributed by atoms with Crippen LogP contribution in [0.4, 0.5) is 0 Å². The number of hydrogen-bond acceptors (Lipinski definition) is 5. The van der Waals surface area contributed by atoms with Crippen molar-refractivity contribution in [2.75, 3.05) is 20.1 Å². The summed E-state index contributed by atoms with van der Waals surface area (Å²) in [6, 6.07) is 5.78. The first-order valence-corrected chi connectivity index (χ1v) is 7.47. The largest absolute Gasteiger partial charge is 0.483 e. The molecule has 1 fully saturated rings. The topological polar surface area (TPSA) is 99.8 Å². The smallest absolute Gasteiger partial charge is 0.290 e. The zero-order chi connectivity index (χ0) is 16.7. The van der Waals surface area contributed by atoms with Crippen molar-refractivity contribution in [3.63, 3.8) is 0 Å². The molecule has 2 aromatic rings. The van der Waals surface area contributed by atoms with Crippen molar-refractivity contribution in [3.8, 4) is 0 Å². The number of nitrogens with one attached hydrogen (secondary N) is 1. The molecular formula is C15H21N5O3. The van der Waals surface area contributed by atoms with Gasteiger partial charge in [-0.3, -0.25) is 9.59 Å². The number of hydrogen-bond donors (Lipinski definition) is 2. The number of carbonyl (C=O) groups is 2. The van der Waals surface area contributed by atoms with E-state index in [4.69, 9.17) is 9.90 Å². The lowest BCUT2D eigenvalue weighted by Gasteiger charge is -2.28. The molecule has 8 heteroatoms. The van der Waals surface area contributed by atoms with E-state index in [1.165, 1.54) is 6.33 Å². The molecule has 1 aliphatic rings. The van der Waals surface area contributed by atoms with Crippen LogP contribution < -0.4 is 5.32 Å². The maximum atomic E-state index is 12.2. The van der Waals surface area contributed by atoms with Gasteiger partial charge in [0.05, 0.1) is 18.2 Å². The average Bonchev–Trinajstić information content (AvgIpc) is 3.02. The zero-order valence-electron chi connectivity index (χ0n) is 13.1. The highest BCUT2D eigenvalue weighted by molar-refractivity contribution is 5.78. The van der Waals surface area contributed by atoms with E-state index in [0.29, 0.717) is 6.54 Å². The Hall–Kier alpha value is -2.48. The van der Waals surface area contributed by atoms with Crippen LogP contribution in [0, 0.1) is 5.92 Å². The highest BCUT2D eigenvalue weighted by Gasteiger charge is 2.23. The van der Waals surface area contributed by atoms with Crippen LogP contribution in [0.5, 0.6) is 0 Å². The first-order valence-electron chi connectivity index (χ1n) is 7.47. The number of carboxylic acid groups (broad SMARTS) is 1. The molecule has 0 aromatic carbocycles. The normalized spacial score (nSPS) is 18.0. The summed E-state index contributed by atoms with van der Waals surface area (Å²) < 4.78 is 1.76. The highest BCUT2D eigenvalue weighted by Crippen LogP contribution is 2.15. The molecule has 1 aliphatic heterocycles. The number of likely N-dealkylation sites (tertiary alicyclic amines) is 1. The van der Waals surface area contributed by atoms with Crippen LogP contribution in [-0.2, 0) is 16.1 Å². The third-order valence-corrected chi connectivity index (χ3v) is 3.82. The molecule has 0 aliphatic carbocycles. The zero-order valence-corrected chi connectivity index (χ0v) is 13.1. The van der Waals surface area contributed by atoms with Crippen LogP contribution in [0.2, 0.25) is 0 Å². The molecule has 1 amide bonds. The fourth-order valence-corrected chi connectivity index (χ4v) is 2.74. The van der Waals surface area contributed by atoms with E-state index in [1.807, 2.05) is 18.2 Å². The third-order valence-electron chi connectivity index (χ3n) is 3.82. The molecule has 0 saturated carbocycles. The molecule has 1 atom stereocenters. The monoisotopic (exact) mass is 319 g/mol. The Morgan fingerprint density at radius 3 is 3.04 bits per heavy atom. The van der Waals surface area contributed by atoms with Gasteiger partial charge in [-0.1, -0.05) is 6.07 Å². The predicted molar refractivity (Wildman–Crippen MR) is 83.7 cm³/mol. The molecule has 2 aromatic heterocycles. The molecule has 0 spiro atoms. The summed E-state index contributed by atoms with van der Waals surface area (Å²) >= 11 is 0. The number of rotatable bonds is 3. The molecule has 3 heterocycles. The van der Waals surface area contributed by atoms with Gasteiger partial charge in [0.15, 0.2) is 5.65 Å². The van der Waals surface area contributed by atoms with Crippen LogP contribution in [0.3, 0.4) is 0 Å². The van der Waals surface area contributed by atoms with Gasteiger partial charge in [0, 0.05) is 6.54 Å². The second-order valence-corrected chi connectivity index (χ2v) is 5.47. The first kappa shape index (κ1) is 16.9. The van der Waals surface area contributed by atoms with E-state index < -0.39 is 0 Å². The van der Waals surface area contributed by atoms with E-state index in [9.17, 15) is 4.79 Å². The van der Waals surface area contributed by atoms with Crippen LogP contribution in [-0.4, -0.2) is 57.1 Å². The maximum absolute atomic E-state index is 12.2. The summed E-state index contributed by atoms with van der Waals surface area (Å²) in [6.45, 7) is 2.17. The number of nitrogens with zero attached hydrogens (tertiary/aromatic N) is 4. The molecule has 1 unspecified atom stereocenters. The quantitative estimate of drug-likeness (QED) is 0.794. The minimum Gasteiger partial charge on any atom is -0.483 e. The van der Waals surface area contributed by atoms with Gasteiger partial charge < -0.3 is 15.3 Å². The highest BCUT2D eigenvalue weighted by atomic mass is 16.3. The number of carbonyl (C=O) groups excluding carboxylic acids is 1. The van der Waals surface area contributed by atoms with Gasteiger partial charge in [0.2, 0.25) is 5.91 Å². The standard InChI is InChI=1S/C14H19N5O.CH2O2/c1-18-7-3-4-11(9-18)14(20)15-8-12-5-2-6-13-16-10-17-19(12)13;2-1-3/h2,5-6,10-11H,3-4,7-9H2,1H3,(H,15,20);1H,(H,2,3).